The summed E-state index contributed by atoms with van der Waals surface area (Å²) in [6.45, 7) is 5.15. The van der Waals surface area contributed by atoms with Gasteiger partial charge in [0, 0.05) is 36.8 Å². The number of methoxy groups -OCH3 is 1. The van der Waals surface area contributed by atoms with Crippen LogP contribution < -0.4 is 25.6 Å². The van der Waals surface area contributed by atoms with E-state index in [-0.39, 0.29) is 41.3 Å². The summed E-state index contributed by atoms with van der Waals surface area (Å²) in [5.74, 6) is -4.08. The van der Waals surface area contributed by atoms with Crippen LogP contribution in [0.1, 0.15) is 71.5 Å². The van der Waals surface area contributed by atoms with E-state index >= 15 is 0 Å². The van der Waals surface area contributed by atoms with Crippen molar-refractivity contribution in [2.75, 3.05) is 35.4 Å². The fourth-order valence-corrected chi connectivity index (χ4v) is 6.38. The monoisotopic (exact) mass is 817 g/mol. The number of carbonyl (C=O) groups is 5. The minimum atomic E-state index is -3.83. The zero-order valence-electron chi connectivity index (χ0n) is 33.0. The van der Waals surface area contributed by atoms with E-state index in [1.165, 1.54) is 80.9 Å². The minimum absolute atomic E-state index is 0.0234. The van der Waals surface area contributed by atoms with Gasteiger partial charge < -0.3 is 31.1 Å². The van der Waals surface area contributed by atoms with Crippen molar-refractivity contribution < 1.29 is 46.6 Å². The SMILES string of the molecule is COC(=O)c1ccc(NC(=O)[C@@H](NC(=O)CCC(O)(Cc2ccccc2)C(=O)Nc2cc(C(=O)N[C@H](C)c3ccc(F)cc3)cc(N(C)S(C)(=O)=O)c2)C(C)C)cc1. The third-order valence-corrected chi connectivity index (χ3v) is 10.6. The molecule has 0 aliphatic rings. The van der Waals surface area contributed by atoms with Gasteiger partial charge in [0.15, 0.2) is 0 Å². The molecule has 0 bridgehead atoms. The standard InChI is InChI=1S/C42H48FN5O9S/c1-26(2)37(39(51)45-33-18-14-30(15-19-33)40(52)57-5)47-36(49)20-21-42(54,25-28-10-8-7-9-11-28)41(53)46-34-22-31(23-35(24-34)48(4)58(6,55)56)38(50)44-27(3)29-12-16-32(43)17-13-29/h7-19,22-24,26-27,37,54H,20-21,25H2,1-6H3,(H,44,50)(H,45,51)(H,46,53)(H,47,49)/t27-,37+,42?/m1/s1. The maximum Gasteiger partial charge on any atom is 0.337 e. The molecule has 308 valence electrons. The van der Waals surface area contributed by atoms with Gasteiger partial charge in [-0.3, -0.25) is 23.5 Å². The Bertz CT molecular complexity index is 2220. The number of anilines is 3. The van der Waals surface area contributed by atoms with Crippen LogP contribution in [0.2, 0.25) is 0 Å². The number of benzene rings is 4. The molecule has 3 atom stereocenters. The van der Waals surface area contributed by atoms with E-state index in [9.17, 15) is 41.9 Å². The largest absolute Gasteiger partial charge is 0.465 e. The van der Waals surface area contributed by atoms with Crippen LogP contribution in [0.25, 0.3) is 0 Å². The highest BCUT2D eigenvalue weighted by atomic mass is 32.2. The summed E-state index contributed by atoms with van der Waals surface area (Å²) < 4.78 is 44.2. The van der Waals surface area contributed by atoms with Crippen LogP contribution in [0.15, 0.2) is 97.1 Å². The highest BCUT2D eigenvalue weighted by molar-refractivity contribution is 7.92. The van der Waals surface area contributed by atoms with Gasteiger partial charge in [-0.25, -0.2) is 17.6 Å². The number of nitrogens with zero attached hydrogens (tertiary/aromatic N) is 1. The van der Waals surface area contributed by atoms with E-state index in [0.717, 1.165) is 10.6 Å². The number of carbonyl (C=O) groups excluding carboxylic acids is 5. The number of hydrogen-bond acceptors (Lipinski definition) is 9. The van der Waals surface area contributed by atoms with Crippen molar-refractivity contribution in [1.82, 2.24) is 10.6 Å². The van der Waals surface area contributed by atoms with Gasteiger partial charge in [0.1, 0.15) is 17.5 Å². The average molecular weight is 818 g/mol. The number of rotatable bonds is 17. The van der Waals surface area contributed by atoms with Crippen LogP contribution in [0.4, 0.5) is 21.5 Å². The molecular weight excluding hydrogens is 770 g/mol. The fraction of sp³-hybridized carbons (Fsp3) is 0.310. The van der Waals surface area contributed by atoms with E-state index in [2.05, 4.69) is 21.3 Å². The van der Waals surface area contributed by atoms with Gasteiger partial charge in [-0.2, -0.15) is 0 Å². The summed E-state index contributed by atoms with van der Waals surface area (Å²) in [5, 5.41) is 22.8. The molecule has 0 radical (unpaired) electrons. The zero-order valence-corrected chi connectivity index (χ0v) is 33.9. The zero-order chi connectivity index (χ0) is 42.8. The first-order valence-corrected chi connectivity index (χ1v) is 20.2. The van der Waals surface area contributed by atoms with Gasteiger partial charge in [0.05, 0.1) is 30.7 Å². The van der Waals surface area contributed by atoms with Crippen molar-refractivity contribution in [3.63, 3.8) is 0 Å². The highest BCUT2D eigenvalue weighted by Gasteiger charge is 2.37. The molecule has 4 aromatic rings. The van der Waals surface area contributed by atoms with Crippen LogP contribution in [-0.2, 0) is 35.6 Å². The lowest BCUT2D eigenvalue weighted by atomic mass is 9.88. The molecule has 0 spiro atoms. The van der Waals surface area contributed by atoms with Crippen molar-refractivity contribution in [3.8, 4) is 0 Å². The summed E-state index contributed by atoms with van der Waals surface area (Å²) >= 11 is 0. The van der Waals surface area contributed by atoms with Crippen LogP contribution >= 0.6 is 0 Å². The summed E-state index contributed by atoms with van der Waals surface area (Å²) in [4.78, 5) is 66.0. The molecule has 1 unspecified atom stereocenters. The molecule has 0 saturated heterocycles. The van der Waals surface area contributed by atoms with E-state index in [4.69, 9.17) is 4.74 Å². The van der Waals surface area contributed by atoms with Crippen molar-refractivity contribution in [2.24, 2.45) is 5.92 Å². The van der Waals surface area contributed by atoms with Gasteiger partial charge in [-0.1, -0.05) is 56.3 Å². The lowest BCUT2D eigenvalue weighted by Gasteiger charge is -2.28. The molecule has 4 aromatic carbocycles. The normalized spacial score (nSPS) is 13.3. The number of amides is 4. The van der Waals surface area contributed by atoms with Gasteiger partial charge in [0.25, 0.3) is 11.8 Å². The fourth-order valence-electron chi connectivity index (χ4n) is 5.89. The van der Waals surface area contributed by atoms with Crippen LogP contribution in [0, 0.1) is 11.7 Å². The summed E-state index contributed by atoms with van der Waals surface area (Å²) in [6.07, 6.45) is -0.0388. The lowest BCUT2D eigenvalue weighted by molar-refractivity contribution is -0.136. The number of aliphatic hydroxyl groups is 1. The van der Waals surface area contributed by atoms with E-state index in [1.807, 2.05) is 0 Å². The van der Waals surface area contributed by atoms with Crippen LogP contribution in [0.3, 0.4) is 0 Å². The molecule has 0 aromatic heterocycles. The number of esters is 1. The Morgan fingerprint density at radius 1 is 0.828 bits per heavy atom. The van der Waals surface area contributed by atoms with Gasteiger partial charge in [-0.05, 0) is 85.0 Å². The van der Waals surface area contributed by atoms with Gasteiger partial charge >= 0.3 is 5.97 Å². The van der Waals surface area contributed by atoms with Crippen LogP contribution in [0.5, 0.6) is 0 Å². The quantitative estimate of drug-likeness (QED) is 0.0913. The van der Waals surface area contributed by atoms with E-state index < -0.39 is 69.5 Å². The predicted molar refractivity (Wildman–Crippen MR) is 218 cm³/mol. The Labute approximate surface area is 337 Å². The summed E-state index contributed by atoms with van der Waals surface area (Å²) in [7, 11) is -1.31. The Morgan fingerprint density at radius 2 is 1.47 bits per heavy atom. The molecule has 4 rings (SSSR count). The number of sulfonamides is 1. The molecule has 0 aliphatic heterocycles. The molecule has 16 heteroatoms. The molecule has 14 nitrogen and oxygen atoms in total. The lowest BCUT2D eigenvalue weighted by Crippen LogP contribution is -2.49. The molecule has 4 amide bonds. The minimum Gasteiger partial charge on any atom is -0.465 e. The number of halogens is 1. The maximum absolute atomic E-state index is 14.1. The summed E-state index contributed by atoms with van der Waals surface area (Å²) in [5.41, 5.74) is -0.397. The first-order chi connectivity index (χ1) is 27.3. The Kier molecular flexibility index (Phi) is 14.9. The van der Waals surface area contributed by atoms with Crippen molar-refractivity contribution in [2.45, 2.75) is 57.7 Å². The number of nitrogens with one attached hydrogen (secondary N) is 4. The predicted octanol–water partition coefficient (Wildman–Crippen LogP) is 4.97. The number of hydrogen-bond donors (Lipinski definition) is 5. The van der Waals surface area contributed by atoms with E-state index in [1.54, 1.807) is 51.1 Å². The topological polar surface area (TPSA) is 200 Å². The third-order valence-electron chi connectivity index (χ3n) is 9.38. The van der Waals surface area contributed by atoms with Gasteiger partial charge in [0.2, 0.25) is 21.8 Å². The molecule has 0 fully saturated rings. The Hall–Kier alpha value is -6.13. The molecule has 0 aliphatic carbocycles. The third kappa shape index (κ3) is 12.2. The second-order valence-electron chi connectivity index (χ2n) is 14.2. The van der Waals surface area contributed by atoms with Crippen molar-refractivity contribution >= 4 is 56.7 Å². The molecule has 58 heavy (non-hydrogen) atoms. The summed E-state index contributed by atoms with van der Waals surface area (Å²) in [6, 6.07) is 22.5. The van der Waals surface area contributed by atoms with Crippen molar-refractivity contribution in [3.05, 3.63) is 125 Å². The smallest absolute Gasteiger partial charge is 0.337 e. The Morgan fingerprint density at radius 3 is 2.05 bits per heavy atom. The highest BCUT2D eigenvalue weighted by Crippen LogP contribution is 2.28. The molecule has 0 saturated carbocycles. The van der Waals surface area contributed by atoms with Crippen molar-refractivity contribution in [1.29, 1.82) is 0 Å². The second kappa shape index (κ2) is 19.3. The first kappa shape index (κ1) is 44.6. The molecule has 5 N–H and O–H groups in total. The van der Waals surface area contributed by atoms with Gasteiger partial charge in [-0.15, -0.1) is 0 Å². The second-order valence-corrected chi connectivity index (χ2v) is 16.3. The van der Waals surface area contributed by atoms with Crippen LogP contribution in [-0.4, -0.2) is 75.2 Å². The number of ether oxygens (including phenoxy) is 1. The maximum atomic E-state index is 14.1. The van der Waals surface area contributed by atoms with E-state index in [0.29, 0.717) is 16.8 Å². The Balaban J connectivity index is 1.56. The molecular formula is C42H48FN5O9S. The average Bonchev–Trinajstić information content (AvgIpc) is 3.18. The first-order valence-electron chi connectivity index (χ1n) is 18.3. The molecule has 0 heterocycles.